The molecule has 2 aromatic carbocycles. The van der Waals surface area contributed by atoms with Gasteiger partial charge in [0.25, 0.3) is 0 Å². The van der Waals surface area contributed by atoms with Crippen LogP contribution in [0.4, 0.5) is 5.82 Å². The highest BCUT2D eigenvalue weighted by atomic mass is 35.5. The molecule has 2 aromatic heterocycles. The van der Waals surface area contributed by atoms with Gasteiger partial charge >= 0.3 is 5.97 Å². The summed E-state index contributed by atoms with van der Waals surface area (Å²) in [5.74, 6) is -0.220. The van der Waals surface area contributed by atoms with E-state index in [0.29, 0.717) is 32.7 Å². The SMILES string of the molecule is Cl.Cl.N#Cc1c(N)nc(SCc2csc(-c3ccc(Cl)cc3)n2)c(C#N)c1-c1ccc(OCC[C@@](N)(CCN)C(=O)O)cc1. The number of pyridine rings is 1. The molecule has 0 fully saturated rings. The van der Waals surface area contributed by atoms with Crippen LogP contribution in [0.25, 0.3) is 21.7 Å². The Labute approximate surface area is 280 Å². The standard InChI is InChI=1S/C29H26ClN7O3S2.2ClH/c30-19-5-1-18(2-6-19)26-36-20(15-41-26)16-42-27-23(14-33)24(22(13-32)25(34)37-27)17-3-7-21(8-4-17)40-12-10-29(35,9-11-31)28(38)39;;/h1-8,15H,9-12,16,31,35H2,(H2,34,37)(H,38,39);2*1H/t29-;;/m0../s1. The molecule has 0 saturated carbocycles. The fourth-order valence-electron chi connectivity index (χ4n) is 4.10. The molecule has 0 radical (unpaired) electrons. The molecule has 0 spiro atoms. The van der Waals surface area contributed by atoms with Crippen molar-refractivity contribution in [3.63, 3.8) is 0 Å². The summed E-state index contributed by atoms with van der Waals surface area (Å²) in [6.07, 6.45) is 0.189. The lowest BCUT2D eigenvalue weighted by Crippen LogP contribution is -2.50. The summed E-state index contributed by atoms with van der Waals surface area (Å²) >= 11 is 8.80. The van der Waals surface area contributed by atoms with Crippen LogP contribution < -0.4 is 21.9 Å². The number of carbonyl (C=O) groups is 1. The van der Waals surface area contributed by atoms with Crippen LogP contribution in [0.3, 0.4) is 0 Å². The Morgan fingerprint density at radius 2 is 1.66 bits per heavy atom. The van der Waals surface area contributed by atoms with Crippen molar-refractivity contribution < 1.29 is 14.6 Å². The molecule has 0 bridgehead atoms. The number of aromatic nitrogens is 2. The molecule has 4 aromatic rings. The molecule has 0 saturated heterocycles. The van der Waals surface area contributed by atoms with Gasteiger partial charge in [0, 0.05) is 33.7 Å². The summed E-state index contributed by atoms with van der Waals surface area (Å²) in [5, 5.41) is 33.2. The summed E-state index contributed by atoms with van der Waals surface area (Å²) in [5.41, 5.74) is 19.2. The Kier molecular flexibility index (Phi) is 13.7. The van der Waals surface area contributed by atoms with Crippen LogP contribution >= 0.6 is 59.5 Å². The molecule has 2 heterocycles. The first kappa shape index (κ1) is 36.6. The topological polar surface area (TPSA) is 198 Å². The molecule has 15 heteroatoms. The van der Waals surface area contributed by atoms with E-state index in [1.807, 2.05) is 29.6 Å². The predicted octanol–water partition coefficient (Wildman–Crippen LogP) is 5.89. The van der Waals surface area contributed by atoms with Gasteiger partial charge in [0.15, 0.2) is 0 Å². The van der Waals surface area contributed by atoms with Gasteiger partial charge in [-0.05, 0) is 42.8 Å². The van der Waals surface area contributed by atoms with Crippen LogP contribution in [-0.2, 0) is 10.5 Å². The van der Waals surface area contributed by atoms with Crippen LogP contribution in [0, 0.1) is 22.7 Å². The lowest BCUT2D eigenvalue weighted by atomic mass is 9.93. The number of rotatable bonds is 12. The molecule has 0 aliphatic heterocycles. The number of nitrogen functional groups attached to an aromatic ring is 1. The van der Waals surface area contributed by atoms with Crippen molar-refractivity contribution >= 4 is 71.3 Å². The second kappa shape index (κ2) is 16.5. The summed E-state index contributed by atoms with van der Waals surface area (Å²) < 4.78 is 5.71. The number of benzene rings is 2. The number of carboxylic acids is 1. The number of nitriles is 2. The van der Waals surface area contributed by atoms with Gasteiger partial charge in [-0.1, -0.05) is 47.6 Å². The van der Waals surface area contributed by atoms with Crippen LogP contribution in [0.15, 0.2) is 58.9 Å². The molecule has 1 atom stereocenters. The largest absolute Gasteiger partial charge is 0.494 e. The molecule has 7 N–H and O–H groups in total. The van der Waals surface area contributed by atoms with Crippen LogP contribution in [0.5, 0.6) is 5.75 Å². The second-order valence-electron chi connectivity index (χ2n) is 9.21. The number of anilines is 1. The maximum atomic E-state index is 11.5. The molecule has 0 unspecified atom stereocenters. The number of thioether (sulfide) groups is 1. The van der Waals surface area contributed by atoms with Gasteiger partial charge in [0.05, 0.1) is 17.9 Å². The fraction of sp³-hybridized carbons (Fsp3) is 0.207. The quantitative estimate of drug-likeness (QED) is 0.129. The number of ether oxygens (including phenoxy) is 1. The Bertz CT molecular complexity index is 1670. The van der Waals surface area contributed by atoms with Crippen molar-refractivity contribution in [2.45, 2.75) is 29.2 Å². The lowest BCUT2D eigenvalue weighted by molar-refractivity contribution is -0.144. The van der Waals surface area contributed by atoms with Gasteiger partial charge in [-0.15, -0.1) is 36.2 Å². The predicted molar refractivity (Wildman–Crippen MR) is 178 cm³/mol. The van der Waals surface area contributed by atoms with E-state index >= 15 is 0 Å². The second-order valence-corrected chi connectivity index (χ2v) is 11.5. The number of hydrogen-bond donors (Lipinski definition) is 4. The van der Waals surface area contributed by atoms with Crippen LogP contribution in [0.2, 0.25) is 5.02 Å². The maximum Gasteiger partial charge on any atom is 0.323 e. The van der Waals surface area contributed by atoms with E-state index < -0.39 is 11.5 Å². The van der Waals surface area contributed by atoms with Crippen molar-refractivity contribution in [3.05, 3.63) is 75.8 Å². The number of nitrogens with zero attached hydrogens (tertiary/aromatic N) is 4. The smallest absolute Gasteiger partial charge is 0.323 e. The fourth-order valence-corrected chi connectivity index (χ4v) is 6.04. The minimum absolute atomic E-state index is 0. The van der Waals surface area contributed by atoms with Gasteiger partial charge in [-0.25, -0.2) is 9.97 Å². The molecular weight excluding hydrogens is 665 g/mol. The third-order valence-electron chi connectivity index (χ3n) is 6.39. The molecule has 0 aliphatic rings. The zero-order chi connectivity index (χ0) is 30.3. The summed E-state index contributed by atoms with van der Waals surface area (Å²) in [7, 11) is 0. The minimum atomic E-state index is -1.48. The van der Waals surface area contributed by atoms with E-state index in [2.05, 4.69) is 22.1 Å². The number of halogens is 3. The van der Waals surface area contributed by atoms with Crippen LogP contribution in [-0.4, -0.2) is 39.7 Å². The highest BCUT2D eigenvalue weighted by Gasteiger charge is 2.33. The van der Waals surface area contributed by atoms with Crippen molar-refractivity contribution in [1.82, 2.24) is 9.97 Å². The maximum absolute atomic E-state index is 11.5. The van der Waals surface area contributed by atoms with E-state index in [1.54, 1.807) is 24.3 Å². The Hall–Kier alpha value is -3.59. The van der Waals surface area contributed by atoms with Crippen molar-refractivity contribution in [3.8, 4) is 39.6 Å². The molecule has 10 nitrogen and oxygen atoms in total. The van der Waals surface area contributed by atoms with E-state index in [1.165, 1.54) is 23.1 Å². The molecule has 44 heavy (non-hydrogen) atoms. The minimum Gasteiger partial charge on any atom is -0.494 e. The number of thiazole rings is 1. The third kappa shape index (κ3) is 8.52. The average molecular weight is 693 g/mol. The monoisotopic (exact) mass is 691 g/mol. The molecule has 4 rings (SSSR count). The van der Waals surface area contributed by atoms with Gasteiger partial charge in [-0.2, -0.15) is 10.5 Å². The number of hydrogen-bond acceptors (Lipinski definition) is 11. The molecule has 230 valence electrons. The van der Waals surface area contributed by atoms with E-state index in [9.17, 15) is 20.4 Å². The van der Waals surface area contributed by atoms with Crippen molar-refractivity contribution in [2.24, 2.45) is 11.5 Å². The number of aliphatic carboxylic acids is 1. The zero-order valence-electron chi connectivity index (χ0n) is 23.0. The molecule has 0 amide bonds. The lowest BCUT2D eigenvalue weighted by Gasteiger charge is -2.23. The summed E-state index contributed by atoms with van der Waals surface area (Å²) in [4.78, 5) is 20.6. The van der Waals surface area contributed by atoms with E-state index in [4.69, 9.17) is 33.5 Å². The third-order valence-corrected chi connectivity index (χ3v) is 8.59. The Balaban J connectivity index is 0.00000337. The van der Waals surface area contributed by atoms with Crippen LogP contribution in [0.1, 0.15) is 29.7 Å². The summed E-state index contributed by atoms with van der Waals surface area (Å²) in [6.45, 7) is 0.206. The normalized spacial score (nSPS) is 11.7. The Morgan fingerprint density at radius 1 is 1.02 bits per heavy atom. The van der Waals surface area contributed by atoms with Gasteiger partial charge < -0.3 is 27.0 Å². The first-order chi connectivity index (χ1) is 20.2. The van der Waals surface area contributed by atoms with E-state index in [-0.39, 0.29) is 67.8 Å². The highest BCUT2D eigenvalue weighted by Crippen LogP contribution is 2.37. The molecule has 0 aliphatic carbocycles. The molecular formula is C29H28Cl3N7O3S2. The average Bonchev–Trinajstić information content (AvgIpc) is 3.45. The number of nitrogens with two attached hydrogens (primary N) is 3. The van der Waals surface area contributed by atoms with Gasteiger partial charge in [-0.3, -0.25) is 4.79 Å². The number of carboxylic acid groups (broad SMARTS) is 1. The zero-order valence-corrected chi connectivity index (χ0v) is 27.0. The van der Waals surface area contributed by atoms with E-state index in [0.717, 1.165) is 16.3 Å². The summed E-state index contributed by atoms with van der Waals surface area (Å²) in [6, 6.07) is 18.4. The first-order valence-electron chi connectivity index (χ1n) is 12.6. The first-order valence-corrected chi connectivity index (χ1v) is 14.9. The van der Waals surface area contributed by atoms with Gasteiger partial charge in [0.2, 0.25) is 0 Å². The highest BCUT2D eigenvalue weighted by molar-refractivity contribution is 7.98. The Morgan fingerprint density at radius 3 is 2.25 bits per heavy atom. The van der Waals surface area contributed by atoms with Gasteiger partial charge in [0.1, 0.15) is 44.8 Å². The van der Waals surface area contributed by atoms with Crippen molar-refractivity contribution in [1.29, 1.82) is 10.5 Å². The van der Waals surface area contributed by atoms with Crippen molar-refractivity contribution in [2.75, 3.05) is 18.9 Å².